The minimum atomic E-state index is -0.193. The van der Waals surface area contributed by atoms with E-state index < -0.39 is 0 Å². The number of rotatable bonds is 2. The molecule has 0 aliphatic carbocycles. The molecule has 0 spiro atoms. The van der Waals surface area contributed by atoms with Gasteiger partial charge in [0.1, 0.15) is 6.10 Å². The number of fused-ring (bicyclic) bond motifs is 1. The van der Waals surface area contributed by atoms with Gasteiger partial charge in [-0.05, 0) is 17.7 Å². The molecule has 74 valence electrons. The third-order valence-electron chi connectivity index (χ3n) is 2.49. The fourth-order valence-corrected chi connectivity index (χ4v) is 1.75. The summed E-state index contributed by atoms with van der Waals surface area (Å²) in [6.07, 6.45) is 1.54. The van der Waals surface area contributed by atoms with E-state index in [4.69, 9.17) is 10.00 Å². The highest BCUT2D eigenvalue weighted by Crippen LogP contribution is 2.25. The van der Waals surface area contributed by atoms with Gasteiger partial charge in [-0.3, -0.25) is 0 Å². The Hall–Kier alpha value is -2.01. The first-order chi connectivity index (χ1) is 7.33. The van der Waals surface area contributed by atoms with Gasteiger partial charge in [0.2, 0.25) is 0 Å². The third kappa shape index (κ3) is 1.77. The second-order valence-electron chi connectivity index (χ2n) is 3.42. The molecule has 15 heavy (non-hydrogen) atoms. The van der Waals surface area contributed by atoms with E-state index in [0.29, 0.717) is 0 Å². The largest absolute Gasteiger partial charge is 0.420 e. The maximum absolute atomic E-state index is 8.50. The molecule has 2 rings (SSSR count). The maximum Gasteiger partial charge on any atom is 0.286 e. The molecule has 1 atom stereocenters. The van der Waals surface area contributed by atoms with Crippen molar-refractivity contribution in [2.75, 3.05) is 0 Å². The van der Waals surface area contributed by atoms with Gasteiger partial charge in [-0.2, -0.15) is 5.26 Å². The summed E-state index contributed by atoms with van der Waals surface area (Å²) in [5.74, 6) is 0. The van der Waals surface area contributed by atoms with Crippen LogP contribution in [0.2, 0.25) is 0 Å². The van der Waals surface area contributed by atoms with Gasteiger partial charge >= 0.3 is 0 Å². The van der Waals surface area contributed by atoms with Crippen molar-refractivity contribution in [2.45, 2.75) is 13.0 Å². The summed E-state index contributed by atoms with van der Waals surface area (Å²) in [5, 5.41) is 10.8. The van der Waals surface area contributed by atoms with Crippen molar-refractivity contribution in [1.82, 2.24) is 0 Å². The van der Waals surface area contributed by atoms with Crippen LogP contribution in [0.5, 0.6) is 0 Å². The lowest BCUT2D eigenvalue weighted by atomic mass is 10.0. The van der Waals surface area contributed by atoms with Crippen molar-refractivity contribution >= 4 is 10.8 Å². The van der Waals surface area contributed by atoms with E-state index in [0.717, 1.165) is 10.9 Å². The Bertz CT molecular complexity index is 508. The van der Waals surface area contributed by atoms with Crippen LogP contribution >= 0.6 is 0 Å². The van der Waals surface area contributed by atoms with Crippen LogP contribution in [-0.2, 0) is 4.74 Å². The molecule has 2 heteroatoms. The summed E-state index contributed by atoms with van der Waals surface area (Å²) in [6, 6.07) is 14.1. The lowest BCUT2D eigenvalue weighted by molar-refractivity contribution is 0.184. The van der Waals surface area contributed by atoms with Crippen molar-refractivity contribution in [2.24, 2.45) is 0 Å². The van der Waals surface area contributed by atoms with E-state index in [9.17, 15) is 0 Å². The summed E-state index contributed by atoms with van der Waals surface area (Å²) >= 11 is 0. The number of ether oxygens (including phenoxy) is 1. The number of hydrogen-bond donors (Lipinski definition) is 0. The Morgan fingerprint density at radius 2 is 1.87 bits per heavy atom. The molecule has 0 aliphatic rings. The molecule has 0 aliphatic heterocycles. The first kappa shape index (κ1) is 9.54. The van der Waals surface area contributed by atoms with E-state index in [2.05, 4.69) is 12.1 Å². The van der Waals surface area contributed by atoms with Gasteiger partial charge in [0.25, 0.3) is 6.26 Å². The van der Waals surface area contributed by atoms with Crippen molar-refractivity contribution in [1.29, 1.82) is 5.26 Å². The zero-order valence-corrected chi connectivity index (χ0v) is 8.47. The average Bonchev–Trinajstić information content (AvgIpc) is 2.28. The van der Waals surface area contributed by atoms with Crippen molar-refractivity contribution < 1.29 is 4.74 Å². The summed E-state index contributed by atoms with van der Waals surface area (Å²) in [6.45, 7) is 1.88. The quantitative estimate of drug-likeness (QED) is 0.691. The van der Waals surface area contributed by atoms with Crippen LogP contribution < -0.4 is 0 Å². The van der Waals surface area contributed by atoms with Gasteiger partial charge < -0.3 is 4.74 Å². The molecule has 0 unspecified atom stereocenters. The summed E-state index contributed by atoms with van der Waals surface area (Å²) < 4.78 is 4.94. The molecule has 2 nitrogen and oxygen atoms in total. The molecule has 2 aromatic rings. The van der Waals surface area contributed by atoms with Crippen LogP contribution in [0.25, 0.3) is 10.8 Å². The minimum Gasteiger partial charge on any atom is -0.420 e. The average molecular weight is 197 g/mol. The SMILES string of the molecule is C[C@@H](OC#N)c1cccc2ccccc12. The molecular formula is C13H11NO. The number of nitriles is 1. The molecule has 0 saturated heterocycles. The molecule has 0 fully saturated rings. The minimum absolute atomic E-state index is 0.193. The molecule has 0 saturated carbocycles. The standard InChI is InChI=1S/C13H11NO/c1-10(15-9-14)12-8-4-6-11-5-2-3-7-13(11)12/h2-8,10H,1H3/t10-/m1/s1. The summed E-state index contributed by atoms with van der Waals surface area (Å²) in [5.41, 5.74) is 1.05. The molecule has 0 amide bonds. The normalized spacial score (nSPS) is 12.0. The molecule has 0 radical (unpaired) electrons. The fourth-order valence-electron chi connectivity index (χ4n) is 1.75. The van der Waals surface area contributed by atoms with E-state index in [1.807, 2.05) is 37.3 Å². The summed E-state index contributed by atoms with van der Waals surface area (Å²) in [4.78, 5) is 0. The summed E-state index contributed by atoms with van der Waals surface area (Å²) in [7, 11) is 0. The van der Waals surface area contributed by atoms with Crippen LogP contribution in [-0.4, -0.2) is 0 Å². The van der Waals surface area contributed by atoms with Gasteiger partial charge in [0, 0.05) is 5.56 Å². The molecule has 0 heterocycles. The van der Waals surface area contributed by atoms with Gasteiger partial charge in [-0.1, -0.05) is 42.5 Å². The first-order valence-electron chi connectivity index (χ1n) is 4.85. The van der Waals surface area contributed by atoms with Gasteiger partial charge in [-0.15, -0.1) is 0 Å². The van der Waals surface area contributed by atoms with Crippen molar-refractivity contribution in [3.05, 3.63) is 48.0 Å². The van der Waals surface area contributed by atoms with Crippen molar-refractivity contribution in [3.63, 3.8) is 0 Å². The highest BCUT2D eigenvalue weighted by molar-refractivity contribution is 5.85. The molecular weight excluding hydrogens is 186 g/mol. The molecule has 0 bridgehead atoms. The predicted molar refractivity (Wildman–Crippen MR) is 59.1 cm³/mol. The van der Waals surface area contributed by atoms with Crippen LogP contribution in [0, 0.1) is 11.5 Å². The zero-order chi connectivity index (χ0) is 10.7. The Balaban J connectivity index is 2.56. The Morgan fingerprint density at radius 1 is 1.13 bits per heavy atom. The zero-order valence-electron chi connectivity index (χ0n) is 8.47. The first-order valence-corrected chi connectivity index (χ1v) is 4.85. The van der Waals surface area contributed by atoms with Crippen LogP contribution in [0.3, 0.4) is 0 Å². The Labute approximate surface area is 88.7 Å². The van der Waals surface area contributed by atoms with Gasteiger partial charge in [0.15, 0.2) is 0 Å². The maximum atomic E-state index is 8.50. The van der Waals surface area contributed by atoms with Gasteiger partial charge in [-0.25, -0.2) is 0 Å². The highest BCUT2D eigenvalue weighted by Gasteiger charge is 2.08. The Morgan fingerprint density at radius 3 is 2.67 bits per heavy atom. The predicted octanol–water partition coefficient (Wildman–Crippen LogP) is 3.40. The van der Waals surface area contributed by atoms with E-state index in [1.54, 1.807) is 6.26 Å². The van der Waals surface area contributed by atoms with Crippen LogP contribution in [0.15, 0.2) is 42.5 Å². The number of hydrogen-bond acceptors (Lipinski definition) is 2. The van der Waals surface area contributed by atoms with Crippen molar-refractivity contribution in [3.8, 4) is 6.26 Å². The smallest absolute Gasteiger partial charge is 0.286 e. The lowest BCUT2D eigenvalue weighted by Crippen LogP contribution is -1.96. The van der Waals surface area contributed by atoms with Gasteiger partial charge in [0.05, 0.1) is 0 Å². The number of nitrogens with zero attached hydrogens (tertiary/aromatic N) is 1. The Kier molecular flexibility index (Phi) is 2.55. The second-order valence-corrected chi connectivity index (χ2v) is 3.42. The van der Waals surface area contributed by atoms with E-state index in [-0.39, 0.29) is 6.10 Å². The molecule has 0 aromatic heterocycles. The number of benzene rings is 2. The van der Waals surface area contributed by atoms with Crippen LogP contribution in [0.1, 0.15) is 18.6 Å². The van der Waals surface area contributed by atoms with E-state index >= 15 is 0 Å². The van der Waals surface area contributed by atoms with Crippen LogP contribution in [0.4, 0.5) is 0 Å². The highest BCUT2D eigenvalue weighted by atomic mass is 16.5. The molecule has 0 N–H and O–H groups in total. The van der Waals surface area contributed by atoms with E-state index in [1.165, 1.54) is 5.39 Å². The monoisotopic (exact) mass is 197 g/mol. The lowest BCUT2D eigenvalue weighted by Gasteiger charge is -2.11. The second kappa shape index (κ2) is 4.02. The molecule has 2 aromatic carbocycles. The fraction of sp³-hybridized carbons (Fsp3) is 0.154. The third-order valence-corrected chi connectivity index (χ3v) is 2.49. The topological polar surface area (TPSA) is 33.0 Å².